The molecular weight excluding hydrogens is 102 g/mol. The van der Waals surface area contributed by atoms with Crippen molar-refractivity contribution in [3.63, 3.8) is 0 Å². The Morgan fingerprint density at radius 2 is 3.00 bits per heavy atom. The Labute approximate surface area is 57.1 Å². The Balaban J connectivity index is 2.76. The second-order valence-corrected chi connectivity index (χ2v) is 1.98. The molecular formula is C6H13NO. The van der Waals surface area contributed by atoms with Crippen LogP contribution in [-0.4, -0.2) is 36.1 Å². The SMILES string of the molecule is [2H]C([2H])(O)C1CCCN1C([2H])([2H])[2H]. The fourth-order valence-electron chi connectivity index (χ4n) is 0.901. The number of hydrogen-bond acceptors (Lipinski definition) is 2. The van der Waals surface area contributed by atoms with Crippen LogP contribution >= 0.6 is 0 Å². The van der Waals surface area contributed by atoms with Gasteiger partial charge in [-0.05, 0) is 26.4 Å². The van der Waals surface area contributed by atoms with Gasteiger partial charge < -0.3 is 10.0 Å². The third-order valence-electron chi connectivity index (χ3n) is 1.40. The maximum Gasteiger partial charge on any atom is 0.0586 e. The zero-order valence-corrected chi connectivity index (χ0v) is 4.59. The molecule has 0 amide bonds. The molecule has 0 aromatic carbocycles. The first-order valence-corrected chi connectivity index (χ1v) is 2.72. The maximum atomic E-state index is 9.09. The van der Waals surface area contributed by atoms with Crippen molar-refractivity contribution in [2.24, 2.45) is 0 Å². The van der Waals surface area contributed by atoms with E-state index in [9.17, 15) is 0 Å². The molecule has 1 fully saturated rings. The minimum absolute atomic E-state index is 0.321. The van der Waals surface area contributed by atoms with E-state index >= 15 is 0 Å². The van der Waals surface area contributed by atoms with E-state index in [4.69, 9.17) is 12.0 Å². The van der Waals surface area contributed by atoms with Gasteiger partial charge in [0, 0.05) is 10.2 Å². The van der Waals surface area contributed by atoms with Crippen LogP contribution in [0.5, 0.6) is 0 Å². The Kier molecular flexibility index (Phi) is 0.700. The molecule has 2 nitrogen and oxygen atoms in total. The zero-order chi connectivity index (χ0) is 10.3. The smallest absolute Gasteiger partial charge is 0.0586 e. The third-order valence-corrected chi connectivity index (χ3v) is 1.40. The molecule has 1 atom stereocenters. The van der Waals surface area contributed by atoms with Crippen LogP contribution in [0.4, 0.5) is 0 Å². The van der Waals surface area contributed by atoms with Crippen molar-refractivity contribution < 1.29 is 12.0 Å². The lowest BCUT2D eigenvalue weighted by molar-refractivity contribution is 0.182. The average molecular weight is 120 g/mol. The molecule has 48 valence electrons. The fourth-order valence-corrected chi connectivity index (χ4v) is 0.901. The van der Waals surface area contributed by atoms with Crippen molar-refractivity contribution in [1.29, 1.82) is 0 Å². The van der Waals surface area contributed by atoms with Gasteiger partial charge in [0.1, 0.15) is 0 Å². The van der Waals surface area contributed by atoms with Crippen LogP contribution in [-0.2, 0) is 0 Å². The molecule has 1 saturated heterocycles. The van der Waals surface area contributed by atoms with E-state index in [1.54, 1.807) is 0 Å². The van der Waals surface area contributed by atoms with Crippen LogP contribution < -0.4 is 0 Å². The summed E-state index contributed by atoms with van der Waals surface area (Å²) in [5.41, 5.74) is 0. The van der Waals surface area contributed by atoms with Crippen LogP contribution in [0.25, 0.3) is 0 Å². The zero-order valence-electron chi connectivity index (χ0n) is 9.59. The molecule has 0 saturated carbocycles. The molecule has 0 radical (unpaired) electrons. The predicted molar refractivity (Wildman–Crippen MR) is 32.7 cm³/mol. The first-order chi connectivity index (χ1) is 5.73. The van der Waals surface area contributed by atoms with E-state index in [1.165, 1.54) is 0 Å². The summed E-state index contributed by atoms with van der Waals surface area (Å²) in [6.45, 7) is -4.41. The maximum absolute atomic E-state index is 9.09. The molecule has 1 aliphatic heterocycles. The first-order valence-electron chi connectivity index (χ1n) is 5.22. The normalized spacial score (nSPS) is 44.1. The molecule has 1 aliphatic rings. The Hall–Kier alpha value is -0.0800. The topological polar surface area (TPSA) is 23.5 Å². The Morgan fingerprint density at radius 1 is 2.12 bits per heavy atom. The summed E-state index contributed by atoms with van der Waals surface area (Å²) in [7, 11) is 0. The molecule has 0 bridgehead atoms. The Bertz CT molecular complexity index is 166. The first kappa shape index (κ1) is 2.27. The molecule has 0 spiro atoms. The van der Waals surface area contributed by atoms with Crippen molar-refractivity contribution in [1.82, 2.24) is 4.90 Å². The molecule has 2 heteroatoms. The van der Waals surface area contributed by atoms with E-state index in [1.807, 2.05) is 0 Å². The summed E-state index contributed by atoms with van der Waals surface area (Å²) in [5, 5.41) is 9.09. The van der Waals surface area contributed by atoms with Crippen molar-refractivity contribution in [2.75, 3.05) is 20.1 Å². The summed E-state index contributed by atoms with van der Waals surface area (Å²) in [4.78, 5) is 1.05. The van der Waals surface area contributed by atoms with Gasteiger partial charge in [-0.25, -0.2) is 0 Å². The molecule has 1 N–H and O–H groups in total. The van der Waals surface area contributed by atoms with Gasteiger partial charge in [-0.15, -0.1) is 0 Å². The third kappa shape index (κ3) is 1.01. The summed E-state index contributed by atoms with van der Waals surface area (Å²) < 4.78 is 35.5. The van der Waals surface area contributed by atoms with Crippen molar-refractivity contribution in [2.45, 2.75) is 18.9 Å². The second kappa shape index (κ2) is 2.46. The summed E-state index contributed by atoms with van der Waals surface area (Å²) in [6, 6.07) is -0.903. The van der Waals surface area contributed by atoms with Crippen molar-refractivity contribution in [3.05, 3.63) is 0 Å². The number of aliphatic hydroxyl groups is 1. The summed E-state index contributed by atoms with van der Waals surface area (Å²) in [6.07, 6.45) is 1.00. The molecule has 1 unspecified atom stereocenters. The molecule has 1 heterocycles. The van der Waals surface area contributed by atoms with E-state index in [0.717, 1.165) is 4.90 Å². The monoisotopic (exact) mass is 120 g/mol. The standard InChI is InChI=1S/C6H13NO/c1-7-4-2-3-6(7)5-8/h6,8H,2-5H2,1H3/i1D3,5D2. The van der Waals surface area contributed by atoms with E-state index < -0.39 is 19.6 Å². The number of nitrogens with zero attached hydrogens (tertiary/aromatic N) is 1. The van der Waals surface area contributed by atoms with Crippen LogP contribution in [0.15, 0.2) is 0 Å². The molecule has 0 aromatic rings. The molecule has 0 aromatic heterocycles. The number of rotatable bonds is 1. The number of likely N-dealkylation sites (N-methyl/N-ethyl adjacent to an activating group) is 1. The van der Waals surface area contributed by atoms with Gasteiger partial charge in [-0.1, -0.05) is 0 Å². The highest BCUT2D eigenvalue weighted by Gasteiger charge is 2.18. The minimum Gasteiger partial charge on any atom is -0.395 e. The van der Waals surface area contributed by atoms with Gasteiger partial charge in [0.15, 0.2) is 0 Å². The number of likely N-dealkylation sites (tertiary alicyclic amines) is 1. The van der Waals surface area contributed by atoms with Gasteiger partial charge >= 0.3 is 0 Å². The lowest BCUT2D eigenvalue weighted by atomic mass is 10.2. The largest absolute Gasteiger partial charge is 0.395 e. The van der Waals surface area contributed by atoms with Crippen LogP contribution in [0.2, 0.25) is 0 Å². The van der Waals surface area contributed by atoms with Gasteiger partial charge in [0.2, 0.25) is 0 Å². The average Bonchev–Trinajstić information content (AvgIpc) is 2.27. The van der Waals surface area contributed by atoms with Gasteiger partial charge in [0.05, 0.1) is 9.30 Å². The van der Waals surface area contributed by atoms with Crippen LogP contribution in [0.1, 0.15) is 19.7 Å². The highest BCUT2D eigenvalue weighted by atomic mass is 16.3. The lowest BCUT2D eigenvalue weighted by Crippen LogP contribution is -2.27. The predicted octanol–water partition coefficient (Wildman–Crippen LogP) is 0.0729. The summed E-state index contributed by atoms with van der Waals surface area (Å²) in [5.74, 6) is 0. The van der Waals surface area contributed by atoms with Gasteiger partial charge in [0.25, 0.3) is 0 Å². The minimum atomic E-state index is -2.43. The quantitative estimate of drug-likeness (QED) is 0.529. The second-order valence-electron chi connectivity index (χ2n) is 1.98. The van der Waals surface area contributed by atoms with E-state index in [0.29, 0.717) is 19.4 Å². The summed E-state index contributed by atoms with van der Waals surface area (Å²) >= 11 is 0. The van der Waals surface area contributed by atoms with Crippen molar-refractivity contribution >= 4 is 0 Å². The molecule has 0 aliphatic carbocycles. The van der Waals surface area contributed by atoms with Crippen LogP contribution in [0.3, 0.4) is 0 Å². The van der Waals surface area contributed by atoms with E-state index in [-0.39, 0.29) is 0 Å². The van der Waals surface area contributed by atoms with Gasteiger partial charge in [-0.3, -0.25) is 0 Å². The number of hydrogen-bond donors (Lipinski definition) is 1. The van der Waals surface area contributed by atoms with Crippen LogP contribution in [0, 0.1) is 0 Å². The molecule has 8 heavy (non-hydrogen) atoms. The highest BCUT2D eigenvalue weighted by Crippen LogP contribution is 2.12. The Morgan fingerprint density at radius 3 is 3.50 bits per heavy atom. The van der Waals surface area contributed by atoms with Crippen molar-refractivity contribution in [3.8, 4) is 0 Å². The fraction of sp³-hybridized carbons (Fsp3) is 1.00. The van der Waals surface area contributed by atoms with E-state index in [2.05, 4.69) is 0 Å². The lowest BCUT2D eigenvalue weighted by Gasteiger charge is -2.15. The molecule has 1 rings (SSSR count). The van der Waals surface area contributed by atoms with Gasteiger partial charge in [-0.2, -0.15) is 0 Å². The highest BCUT2D eigenvalue weighted by molar-refractivity contribution is 4.74.